The molecular formula is C18H18N4O2. The first-order chi connectivity index (χ1) is 11.8. The standard InChI is InChI=1S/C18H18N4O2/c1-2-24-16-7-4-14(5-8-16)12-20-18(23)15-6-9-17(19-13-15)22-11-3-10-21-22/h3-11,13H,2,12H2,1H3,(H,20,23). The van der Waals surface area contributed by atoms with E-state index in [9.17, 15) is 4.79 Å². The lowest BCUT2D eigenvalue weighted by Gasteiger charge is -2.07. The van der Waals surface area contributed by atoms with Crippen LogP contribution in [0.3, 0.4) is 0 Å². The second-order valence-corrected chi connectivity index (χ2v) is 5.12. The second kappa shape index (κ2) is 7.41. The van der Waals surface area contributed by atoms with Crippen LogP contribution in [0.1, 0.15) is 22.8 Å². The normalized spacial score (nSPS) is 10.4. The van der Waals surface area contributed by atoms with Crippen LogP contribution >= 0.6 is 0 Å². The van der Waals surface area contributed by atoms with Crippen molar-refractivity contribution in [2.24, 2.45) is 0 Å². The van der Waals surface area contributed by atoms with Gasteiger partial charge >= 0.3 is 0 Å². The van der Waals surface area contributed by atoms with Crippen LogP contribution in [-0.2, 0) is 6.54 Å². The van der Waals surface area contributed by atoms with Gasteiger partial charge in [-0.15, -0.1) is 0 Å². The summed E-state index contributed by atoms with van der Waals surface area (Å²) in [6.07, 6.45) is 5.03. The molecule has 3 rings (SSSR count). The zero-order valence-electron chi connectivity index (χ0n) is 13.3. The molecule has 0 aliphatic rings. The minimum atomic E-state index is -0.164. The zero-order valence-corrected chi connectivity index (χ0v) is 13.3. The molecule has 0 saturated heterocycles. The molecule has 1 aromatic carbocycles. The van der Waals surface area contributed by atoms with E-state index in [1.165, 1.54) is 0 Å². The molecular weight excluding hydrogens is 304 g/mol. The molecule has 2 heterocycles. The van der Waals surface area contributed by atoms with Gasteiger partial charge in [0.25, 0.3) is 5.91 Å². The highest BCUT2D eigenvalue weighted by Crippen LogP contribution is 2.12. The molecule has 6 nitrogen and oxygen atoms in total. The van der Waals surface area contributed by atoms with Crippen molar-refractivity contribution in [3.05, 3.63) is 72.2 Å². The van der Waals surface area contributed by atoms with Crippen LogP contribution in [0, 0.1) is 0 Å². The summed E-state index contributed by atoms with van der Waals surface area (Å²) in [7, 11) is 0. The quantitative estimate of drug-likeness (QED) is 0.757. The number of carbonyl (C=O) groups is 1. The predicted octanol–water partition coefficient (Wildman–Crippen LogP) is 2.60. The van der Waals surface area contributed by atoms with Crippen LogP contribution in [0.25, 0.3) is 5.82 Å². The van der Waals surface area contributed by atoms with Crippen molar-refractivity contribution in [1.82, 2.24) is 20.1 Å². The number of ether oxygens (including phenoxy) is 1. The number of nitrogens with one attached hydrogen (secondary N) is 1. The first-order valence-electron chi connectivity index (χ1n) is 7.72. The summed E-state index contributed by atoms with van der Waals surface area (Å²) in [5, 5.41) is 6.98. The number of nitrogens with zero attached hydrogens (tertiary/aromatic N) is 3. The molecule has 0 unspecified atom stereocenters. The molecule has 0 aliphatic heterocycles. The summed E-state index contributed by atoms with van der Waals surface area (Å²) in [5.74, 6) is 1.33. The lowest BCUT2D eigenvalue weighted by molar-refractivity contribution is 0.0950. The summed E-state index contributed by atoms with van der Waals surface area (Å²) in [6, 6.07) is 13.0. The van der Waals surface area contributed by atoms with Gasteiger partial charge in [-0.25, -0.2) is 9.67 Å². The molecule has 6 heteroatoms. The maximum atomic E-state index is 12.2. The Bertz CT molecular complexity index is 781. The fraction of sp³-hybridized carbons (Fsp3) is 0.167. The smallest absolute Gasteiger partial charge is 0.253 e. The van der Waals surface area contributed by atoms with E-state index >= 15 is 0 Å². The third kappa shape index (κ3) is 3.78. The highest BCUT2D eigenvalue weighted by Gasteiger charge is 2.07. The van der Waals surface area contributed by atoms with Crippen molar-refractivity contribution in [3.8, 4) is 11.6 Å². The molecule has 0 atom stereocenters. The highest BCUT2D eigenvalue weighted by molar-refractivity contribution is 5.93. The van der Waals surface area contributed by atoms with Gasteiger partial charge < -0.3 is 10.1 Å². The Labute approximate surface area is 140 Å². The van der Waals surface area contributed by atoms with Crippen molar-refractivity contribution < 1.29 is 9.53 Å². The predicted molar refractivity (Wildman–Crippen MR) is 90.1 cm³/mol. The van der Waals surface area contributed by atoms with Crippen molar-refractivity contribution in [3.63, 3.8) is 0 Å². The van der Waals surface area contributed by atoms with E-state index in [2.05, 4.69) is 15.4 Å². The SMILES string of the molecule is CCOc1ccc(CNC(=O)c2ccc(-n3cccn3)nc2)cc1. The molecule has 0 bridgehead atoms. The number of benzene rings is 1. The first kappa shape index (κ1) is 15.7. The lowest BCUT2D eigenvalue weighted by atomic mass is 10.2. The average Bonchev–Trinajstić information content (AvgIpc) is 3.16. The Hall–Kier alpha value is -3.15. The van der Waals surface area contributed by atoms with E-state index in [0.29, 0.717) is 24.5 Å². The summed E-state index contributed by atoms with van der Waals surface area (Å²) in [6.45, 7) is 3.03. The van der Waals surface area contributed by atoms with Gasteiger partial charge in [0.15, 0.2) is 5.82 Å². The molecule has 2 aromatic heterocycles. The minimum Gasteiger partial charge on any atom is -0.494 e. The Morgan fingerprint density at radius 3 is 2.67 bits per heavy atom. The van der Waals surface area contributed by atoms with Gasteiger partial charge in [0, 0.05) is 25.1 Å². The van der Waals surface area contributed by atoms with Crippen LogP contribution in [0.4, 0.5) is 0 Å². The van der Waals surface area contributed by atoms with Gasteiger partial charge in [-0.05, 0) is 42.8 Å². The number of pyridine rings is 1. The Morgan fingerprint density at radius 2 is 2.04 bits per heavy atom. The van der Waals surface area contributed by atoms with Gasteiger partial charge in [0.1, 0.15) is 5.75 Å². The van der Waals surface area contributed by atoms with Crippen LogP contribution in [0.15, 0.2) is 61.1 Å². The molecule has 0 aliphatic carbocycles. The third-order valence-corrected chi connectivity index (χ3v) is 3.44. The number of carbonyl (C=O) groups excluding carboxylic acids is 1. The Balaban J connectivity index is 1.58. The largest absolute Gasteiger partial charge is 0.494 e. The number of hydrogen-bond acceptors (Lipinski definition) is 4. The second-order valence-electron chi connectivity index (χ2n) is 5.12. The van der Waals surface area contributed by atoms with Crippen LogP contribution in [0.2, 0.25) is 0 Å². The van der Waals surface area contributed by atoms with Crippen LogP contribution in [0.5, 0.6) is 5.75 Å². The van der Waals surface area contributed by atoms with E-state index in [1.807, 2.05) is 37.3 Å². The van der Waals surface area contributed by atoms with Crippen molar-refractivity contribution >= 4 is 5.91 Å². The molecule has 1 amide bonds. The molecule has 0 fully saturated rings. The monoisotopic (exact) mass is 322 g/mol. The van der Waals surface area contributed by atoms with Gasteiger partial charge in [-0.2, -0.15) is 5.10 Å². The molecule has 1 N–H and O–H groups in total. The first-order valence-corrected chi connectivity index (χ1v) is 7.72. The van der Waals surface area contributed by atoms with E-state index in [4.69, 9.17) is 4.74 Å². The average molecular weight is 322 g/mol. The van der Waals surface area contributed by atoms with Gasteiger partial charge in [0.05, 0.1) is 12.2 Å². The third-order valence-electron chi connectivity index (χ3n) is 3.44. The number of rotatable bonds is 6. The molecule has 122 valence electrons. The lowest BCUT2D eigenvalue weighted by Crippen LogP contribution is -2.23. The zero-order chi connectivity index (χ0) is 16.8. The molecule has 3 aromatic rings. The fourth-order valence-electron chi connectivity index (χ4n) is 2.21. The highest BCUT2D eigenvalue weighted by atomic mass is 16.5. The molecule has 0 saturated carbocycles. The Morgan fingerprint density at radius 1 is 1.21 bits per heavy atom. The topological polar surface area (TPSA) is 69.0 Å². The number of hydrogen-bond donors (Lipinski definition) is 1. The maximum absolute atomic E-state index is 12.2. The van der Waals surface area contributed by atoms with Crippen molar-refractivity contribution in [1.29, 1.82) is 0 Å². The van der Waals surface area contributed by atoms with Gasteiger partial charge in [-0.1, -0.05) is 12.1 Å². The maximum Gasteiger partial charge on any atom is 0.253 e. The van der Waals surface area contributed by atoms with E-state index in [0.717, 1.165) is 11.3 Å². The fourth-order valence-corrected chi connectivity index (χ4v) is 2.21. The number of aromatic nitrogens is 3. The van der Waals surface area contributed by atoms with Gasteiger partial charge in [0.2, 0.25) is 0 Å². The number of amides is 1. The van der Waals surface area contributed by atoms with Crippen LogP contribution in [-0.4, -0.2) is 27.3 Å². The van der Waals surface area contributed by atoms with Crippen LogP contribution < -0.4 is 10.1 Å². The Kier molecular flexibility index (Phi) is 4.86. The summed E-state index contributed by atoms with van der Waals surface area (Å²) in [5.41, 5.74) is 1.52. The van der Waals surface area contributed by atoms with E-state index in [-0.39, 0.29) is 5.91 Å². The van der Waals surface area contributed by atoms with Crippen molar-refractivity contribution in [2.75, 3.05) is 6.61 Å². The summed E-state index contributed by atoms with van der Waals surface area (Å²) >= 11 is 0. The van der Waals surface area contributed by atoms with Crippen molar-refractivity contribution in [2.45, 2.75) is 13.5 Å². The van der Waals surface area contributed by atoms with Gasteiger partial charge in [-0.3, -0.25) is 4.79 Å². The van der Waals surface area contributed by atoms with E-state index < -0.39 is 0 Å². The van der Waals surface area contributed by atoms with E-state index in [1.54, 1.807) is 35.4 Å². The molecule has 0 spiro atoms. The summed E-state index contributed by atoms with van der Waals surface area (Å²) in [4.78, 5) is 16.4. The molecule has 0 radical (unpaired) electrons. The molecule has 24 heavy (non-hydrogen) atoms. The minimum absolute atomic E-state index is 0.164. The summed E-state index contributed by atoms with van der Waals surface area (Å²) < 4.78 is 7.04.